The minimum atomic E-state index is -4.40. The van der Waals surface area contributed by atoms with Crippen LogP contribution in [0.1, 0.15) is 10.4 Å². The Morgan fingerprint density at radius 1 is 1.16 bits per heavy atom. The molecule has 1 aromatic rings. The zero-order valence-electron chi connectivity index (χ0n) is 14.4. The first-order chi connectivity index (χ1) is 11.6. The summed E-state index contributed by atoms with van der Waals surface area (Å²) in [4.78, 5) is 26.1. The molecular weight excluding hydrogens is 339 g/mol. The largest absolute Gasteiger partial charge is 0.401 e. The Bertz CT molecular complexity index is 574. The molecule has 0 aliphatic heterocycles. The second-order valence-corrected chi connectivity index (χ2v) is 5.64. The minimum Gasteiger partial charge on any atom is -0.383 e. The smallest absolute Gasteiger partial charge is 0.383 e. The minimum absolute atomic E-state index is 0.0142. The number of rotatable bonds is 8. The van der Waals surface area contributed by atoms with Crippen molar-refractivity contribution < 1.29 is 27.5 Å². The molecule has 140 valence electrons. The summed E-state index contributed by atoms with van der Waals surface area (Å²) >= 11 is 0. The number of nitrogens with zero attached hydrogens (tertiary/aromatic N) is 2. The van der Waals surface area contributed by atoms with Crippen LogP contribution in [0.15, 0.2) is 24.3 Å². The van der Waals surface area contributed by atoms with Gasteiger partial charge in [0.25, 0.3) is 5.91 Å². The lowest BCUT2D eigenvalue weighted by molar-refractivity contribution is -0.149. The van der Waals surface area contributed by atoms with Crippen LogP contribution in [0.4, 0.5) is 18.9 Å². The highest BCUT2D eigenvalue weighted by Crippen LogP contribution is 2.16. The molecule has 0 spiro atoms. The third-order valence-electron chi connectivity index (χ3n) is 3.20. The number of methoxy groups -OCH3 is 1. The van der Waals surface area contributed by atoms with Gasteiger partial charge in [-0.3, -0.25) is 14.5 Å². The van der Waals surface area contributed by atoms with E-state index in [1.165, 1.54) is 36.3 Å². The second kappa shape index (κ2) is 9.38. The fraction of sp³-hybridized carbons (Fsp3) is 0.500. The summed E-state index contributed by atoms with van der Waals surface area (Å²) in [5.41, 5.74) is 0.848. The van der Waals surface area contributed by atoms with Crippen molar-refractivity contribution >= 4 is 17.5 Å². The van der Waals surface area contributed by atoms with E-state index in [1.54, 1.807) is 14.1 Å². The van der Waals surface area contributed by atoms with Crippen LogP contribution < -0.4 is 5.32 Å². The number of nitrogens with one attached hydrogen (secondary N) is 1. The van der Waals surface area contributed by atoms with Crippen LogP contribution in [0.25, 0.3) is 0 Å². The van der Waals surface area contributed by atoms with Gasteiger partial charge in [0.1, 0.15) is 0 Å². The van der Waals surface area contributed by atoms with E-state index in [4.69, 9.17) is 4.74 Å². The van der Waals surface area contributed by atoms with E-state index in [0.29, 0.717) is 11.3 Å². The first-order valence-corrected chi connectivity index (χ1v) is 7.52. The highest BCUT2D eigenvalue weighted by atomic mass is 19.4. The van der Waals surface area contributed by atoms with Crippen molar-refractivity contribution in [3.63, 3.8) is 0 Å². The van der Waals surface area contributed by atoms with Gasteiger partial charge in [-0.05, 0) is 24.3 Å². The van der Waals surface area contributed by atoms with Crippen molar-refractivity contribution in [1.82, 2.24) is 9.80 Å². The molecule has 0 unspecified atom stereocenters. The van der Waals surface area contributed by atoms with Crippen LogP contribution in [0, 0.1) is 0 Å². The van der Waals surface area contributed by atoms with Gasteiger partial charge in [-0.2, -0.15) is 13.2 Å². The van der Waals surface area contributed by atoms with Gasteiger partial charge in [0, 0.05) is 39.0 Å². The summed E-state index contributed by atoms with van der Waals surface area (Å²) in [5.74, 6) is -0.763. The number of carbonyl (C=O) groups is 2. The number of hydrogen-bond donors (Lipinski definition) is 1. The molecule has 9 heteroatoms. The number of anilines is 1. The standard InChI is InChI=1S/C16H22F3N3O3/c1-21(2)15(24)12-4-6-13(7-5-12)20-14(23)10-22(8-9-25-3)11-16(17,18)19/h4-7H,8-11H2,1-3H3,(H,20,23). The first kappa shape index (κ1) is 20.9. The molecule has 0 saturated heterocycles. The molecule has 1 N–H and O–H groups in total. The van der Waals surface area contributed by atoms with Crippen molar-refractivity contribution in [3.05, 3.63) is 29.8 Å². The van der Waals surface area contributed by atoms with Crippen LogP contribution in [0.3, 0.4) is 0 Å². The number of hydrogen-bond acceptors (Lipinski definition) is 4. The maximum atomic E-state index is 12.5. The third-order valence-corrected chi connectivity index (χ3v) is 3.20. The lowest BCUT2D eigenvalue weighted by Gasteiger charge is -2.22. The molecule has 0 aliphatic rings. The van der Waals surface area contributed by atoms with Gasteiger partial charge in [0.05, 0.1) is 19.7 Å². The predicted octanol–water partition coefficient (Wildman–Crippen LogP) is 1.84. The van der Waals surface area contributed by atoms with Crippen LogP contribution in [-0.4, -0.2) is 75.2 Å². The molecule has 25 heavy (non-hydrogen) atoms. The summed E-state index contributed by atoms with van der Waals surface area (Å²) in [6.45, 7) is -1.54. The number of amides is 2. The summed E-state index contributed by atoms with van der Waals surface area (Å²) < 4.78 is 42.4. The molecule has 2 amide bonds. The molecule has 0 heterocycles. The average molecular weight is 361 g/mol. The number of carbonyl (C=O) groups excluding carboxylic acids is 2. The maximum absolute atomic E-state index is 12.5. The summed E-state index contributed by atoms with van der Waals surface area (Å²) in [6.07, 6.45) is -4.40. The highest BCUT2D eigenvalue weighted by molar-refractivity contribution is 5.96. The Hall–Kier alpha value is -2.13. The average Bonchev–Trinajstić information content (AvgIpc) is 2.51. The van der Waals surface area contributed by atoms with E-state index in [0.717, 1.165) is 4.90 Å². The molecule has 0 aromatic heterocycles. The second-order valence-electron chi connectivity index (χ2n) is 5.64. The van der Waals surface area contributed by atoms with E-state index in [2.05, 4.69) is 5.32 Å². The summed E-state index contributed by atoms with van der Waals surface area (Å²) in [6, 6.07) is 6.13. The number of benzene rings is 1. The third kappa shape index (κ3) is 7.99. The van der Waals surface area contributed by atoms with E-state index < -0.39 is 25.2 Å². The molecule has 0 aliphatic carbocycles. The van der Waals surface area contributed by atoms with Gasteiger partial charge in [-0.1, -0.05) is 0 Å². The number of ether oxygens (including phenoxy) is 1. The zero-order chi connectivity index (χ0) is 19.0. The maximum Gasteiger partial charge on any atom is 0.401 e. The van der Waals surface area contributed by atoms with Crippen molar-refractivity contribution in [2.75, 3.05) is 52.8 Å². The van der Waals surface area contributed by atoms with Crippen LogP contribution in [0.5, 0.6) is 0 Å². The predicted molar refractivity (Wildman–Crippen MR) is 87.5 cm³/mol. The topological polar surface area (TPSA) is 61.9 Å². The molecule has 0 bridgehead atoms. The van der Waals surface area contributed by atoms with E-state index in [1.807, 2.05) is 0 Å². The van der Waals surface area contributed by atoms with Gasteiger partial charge in [-0.15, -0.1) is 0 Å². The van der Waals surface area contributed by atoms with Crippen LogP contribution >= 0.6 is 0 Å². The summed E-state index contributed by atoms with van der Waals surface area (Å²) in [5, 5.41) is 2.52. The van der Waals surface area contributed by atoms with Gasteiger partial charge in [-0.25, -0.2) is 0 Å². The lowest BCUT2D eigenvalue weighted by Crippen LogP contribution is -2.41. The Morgan fingerprint density at radius 3 is 2.24 bits per heavy atom. The van der Waals surface area contributed by atoms with Gasteiger partial charge < -0.3 is 15.0 Å². The van der Waals surface area contributed by atoms with Crippen molar-refractivity contribution in [2.24, 2.45) is 0 Å². The molecule has 6 nitrogen and oxygen atoms in total. The quantitative estimate of drug-likeness (QED) is 0.768. The van der Waals surface area contributed by atoms with E-state index >= 15 is 0 Å². The Labute approximate surface area is 144 Å². The summed E-state index contributed by atoms with van der Waals surface area (Å²) in [7, 11) is 4.61. The molecular formula is C16H22F3N3O3. The van der Waals surface area contributed by atoms with E-state index in [9.17, 15) is 22.8 Å². The molecule has 0 fully saturated rings. The fourth-order valence-corrected chi connectivity index (χ4v) is 2.05. The normalized spacial score (nSPS) is 11.5. The van der Waals surface area contributed by atoms with Crippen LogP contribution in [-0.2, 0) is 9.53 Å². The van der Waals surface area contributed by atoms with Gasteiger partial charge in [0.2, 0.25) is 5.91 Å². The molecule has 1 rings (SSSR count). The Kier molecular flexibility index (Phi) is 7.85. The van der Waals surface area contributed by atoms with Crippen LogP contribution in [0.2, 0.25) is 0 Å². The Morgan fingerprint density at radius 2 is 1.76 bits per heavy atom. The van der Waals surface area contributed by atoms with Gasteiger partial charge in [0.15, 0.2) is 0 Å². The zero-order valence-corrected chi connectivity index (χ0v) is 14.4. The monoisotopic (exact) mass is 361 g/mol. The molecule has 0 radical (unpaired) electrons. The number of halogens is 3. The fourth-order valence-electron chi connectivity index (χ4n) is 2.05. The van der Waals surface area contributed by atoms with Crippen molar-refractivity contribution in [1.29, 1.82) is 0 Å². The molecule has 0 saturated carbocycles. The number of alkyl halides is 3. The Balaban J connectivity index is 2.65. The highest BCUT2D eigenvalue weighted by Gasteiger charge is 2.31. The molecule has 1 aromatic carbocycles. The van der Waals surface area contributed by atoms with Crippen molar-refractivity contribution in [2.45, 2.75) is 6.18 Å². The SMILES string of the molecule is COCCN(CC(=O)Nc1ccc(C(=O)N(C)C)cc1)CC(F)(F)F. The molecule has 0 atom stereocenters. The lowest BCUT2D eigenvalue weighted by atomic mass is 10.2. The first-order valence-electron chi connectivity index (χ1n) is 7.52. The van der Waals surface area contributed by atoms with Crippen molar-refractivity contribution in [3.8, 4) is 0 Å². The van der Waals surface area contributed by atoms with Gasteiger partial charge >= 0.3 is 6.18 Å². The van der Waals surface area contributed by atoms with E-state index in [-0.39, 0.29) is 19.1 Å².